The minimum atomic E-state index is -1.04. The first kappa shape index (κ1) is 18.0. The summed E-state index contributed by atoms with van der Waals surface area (Å²) in [5.41, 5.74) is 0.639. The Hall–Kier alpha value is -3.41. The summed E-state index contributed by atoms with van der Waals surface area (Å²) in [5, 5.41) is 2.91. The van der Waals surface area contributed by atoms with Crippen molar-refractivity contribution in [1.29, 1.82) is 0 Å². The summed E-state index contributed by atoms with van der Waals surface area (Å²) in [7, 11) is 0. The van der Waals surface area contributed by atoms with Gasteiger partial charge in [0.2, 0.25) is 5.89 Å². The van der Waals surface area contributed by atoms with Crippen molar-refractivity contribution in [3.8, 4) is 11.3 Å². The average molecular weight is 375 g/mol. The zero-order valence-corrected chi connectivity index (χ0v) is 15.6. The van der Waals surface area contributed by atoms with Crippen LogP contribution in [0.15, 0.2) is 71.3 Å². The zero-order valence-electron chi connectivity index (χ0n) is 15.6. The summed E-state index contributed by atoms with van der Waals surface area (Å²) in [4.78, 5) is 31.4. The van der Waals surface area contributed by atoms with E-state index in [-0.39, 0.29) is 12.5 Å². The number of rotatable bonds is 6. The summed E-state index contributed by atoms with van der Waals surface area (Å²) in [6, 6.07) is 18.5. The van der Waals surface area contributed by atoms with E-state index in [1.807, 2.05) is 67.6 Å². The maximum absolute atomic E-state index is 13.3. The highest BCUT2D eigenvalue weighted by Crippen LogP contribution is 2.34. The number of carbonyl (C=O) groups excluding carboxylic acids is 2. The molecule has 1 aliphatic heterocycles. The molecule has 142 valence electrons. The molecule has 1 aliphatic rings. The fourth-order valence-corrected chi connectivity index (χ4v) is 3.63. The van der Waals surface area contributed by atoms with Gasteiger partial charge in [0, 0.05) is 5.56 Å². The predicted octanol–water partition coefficient (Wildman–Crippen LogP) is 4.09. The van der Waals surface area contributed by atoms with Crippen LogP contribution in [0.5, 0.6) is 0 Å². The summed E-state index contributed by atoms with van der Waals surface area (Å²) >= 11 is 0. The molecule has 1 saturated heterocycles. The summed E-state index contributed by atoms with van der Waals surface area (Å²) in [6.45, 7) is 1.99. The molecule has 0 radical (unpaired) electrons. The number of aromatic nitrogens is 1. The standard InChI is InChI=1S/C22H21N3O3/c1-2-13-22(17-11-7-4-8-12-17)20(26)25(21(27)24-22)15-19-23-14-18(28-19)16-9-5-3-6-10-16/h3-12,14H,2,13,15H2,1H3,(H,24,27)/t22-/m1/s1. The van der Waals surface area contributed by atoms with E-state index in [0.29, 0.717) is 18.1 Å². The lowest BCUT2D eigenvalue weighted by molar-refractivity contribution is -0.132. The quantitative estimate of drug-likeness (QED) is 0.659. The van der Waals surface area contributed by atoms with Crippen LogP contribution in [0.25, 0.3) is 11.3 Å². The molecule has 2 heterocycles. The van der Waals surface area contributed by atoms with Crippen molar-refractivity contribution in [2.45, 2.75) is 31.8 Å². The van der Waals surface area contributed by atoms with Crippen molar-refractivity contribution in [3.05, 3.63) is 78.3 Å². The molecule has 2 aromatic carbocycles. The van der Waals surface area contributed by atoms with Crippen molar-refractivity contribution in [2.24, 2.45) is 0 Å². The number of hydrogen-bond donors (Lipinski definition) is 1. The number of hydrogen-bond acceptors (Lipinski definition) is 4. The van der Waals surface area contributed by atoms with Crippen LogP contribution in [0.3, 0.4) is 0 Å². The van der Waals surface area contributed by atoms with Crippen molar-refractivity contribution < 1.29 is 14.0 Å². The van der Waals surface area contributed by atoms with Crippen molar-refractivity contribution >= 4 is 11.9 Å². The van der Waals surface area contributed by atoms with Gasteiger partial charge in [0.1, 0.15) is 12.1 Å². The number of urea groups is 1. The maximum Gasteiger partial charge on any atom is 0.325 e. The van der Waals surface area contributed by atoms with Gasteiger partial charge in [0.15, 0.2) is 5.76 Å². The van der Waals surface area contributed by atoms with Crippen molar-refractivity contribution in [2.75, 3.05) is 0 Å². The second-order valence-electron chi connectivity index (χ2n) is 6.83. The number of amides is 3. The van der Waals surface area contributed by atoms with Gasteiger partial charge in [-0.3, -0.25) is 9.69 Å². The topological polar surface area (TPSA) is 75.4 Å². The molecule has 6 heteroatoms. The molecule has 6 nitrogen and oxygen atoms in total. The molecule has 0 saturated carbocycles. The third kappa shape index (κ3) is 3.07. The summed E-state index contributed by atoms with van der Waals surface area (Å²) < 4.78 is 5.78. The molecule has 4 rings (SSSR count). The van der Waals surface area contributed by atoms with E-state index in [9.17, 15) is 9.59 Å². The molecular formula is C22H21N3O3. The van der Waals surface area contributed by atoms with Gasteiger partial charge < -0.3 is 9.73 Å². The first-order chi connectivity index (χ1) is 13.6. The Morgan fingerprint density at radius 3 is 2.39 bits per heavy atom. The van der Waals surface area contributed by atoms with E-state index in [0.717, 1.165) is 17.5 Å². The fourth-order valence-electron chi connectivity index (χ4n) is 3.63. The number of nitrogens with zero attached hydrogens (tertiary/aromatic N) is 2. The minimum Gasteiger partial charge on any atom is -0.439 e. The van der Waals surface area contributed by atoms with E-state index >= 15 is 0 Å². The van der Waals surface area contributed by atoms with Crippen LogP contribution in [0.1, 0.15) is 31.2 Å². The Kier molecular flexibility index (Phi) is 4.69. The molecular weight excluding hydrogens is 354 g/mol. The Labute approximate surface area is 163 Å². The fraction of sp³-hybridized carbons (Fsp3) is 0.227. The monoisotopic (exact) mass is 375 g/mol. The van der Waals surface area contributed by atoms with Gasteiger partial charge >= 0.3 is 6.03 Å². The first-order valence-electron chi connectivity index (χ1n) is 9.34. The highest BCUT2D eigenvalue weighted by atomic mass is 16.4. The minimum absolute atomic E-state index is 0.00417. The molecule has 1 fully saturated rings. The normalized spacial score (nSPS) is 19.1. The Bertz CT molecular complexity index is 985. The van der Waals surface area contributed by atoms with E-state index in [4.69, 9.17) is 4.42 Å². The second-order valence-corrected chi connectivity index (χ2v) is 6.83. The molecule has 3 aromatic rings. The number of imide groups is 1. The number of benzene rings is 2. The SMILES string of the molecule is CCC[C@]1(c2ccccc2)NC(=O)N(Cc2ncc(-c3ccccc3)o2)C1=O. The third-order valence-electron chi connectivity index (χ3n) is 4.97. The van der Waals surface area contributed by atoms with E-state index < -0.39 is 11.6 Å². The van der Waals surface area contributed by atoms with Crippen LogP contribution in [0, 0.1) is 0 Å². The highest BCUT2D eigenvalue weighted by Gasteiger charge is 2.51. The van der Waals surface area contributed by atoms with Gasteiger partial charge in [0.25, 0.3) is 5.91 Å². The van der Waals surface area contributed by atoms with E-state index in [1.54, 1.807) is 6.20 Å². The summed E-state index contributed by atoms with van der Waals surface area (Å²) in [6.07, 6.45) is 2.89. The molecule has 3 amide bonds. The zero-order chi connectivity index (χ0) is 19.6. The van der Waals surface area contributed by atoms with E-state index in [2.05, 4.69) is 10.3 Å². The smallest absolute Gasteiger partial charge is 0.325 e. The Morgan fingerprint density at radius 2 is 1.71 bits per heavy atom. The van der Waals surface area contributed by atoms with Crippen LogP contribution in [-0.2, 0) is 16.9 Å². The highest BCUT2D eigenvalue weighted by molar-refractivity contribution is 6.07. The molecule has 0 unspecified atom stereocenters. The molecule has 28 heavy (non-hydrogen) atoms. The van der Waals surface area contributed by atoms with Gasteiger partial charge in [-0.25, -0.2) is 9.78 Å². The van der Waals surface area contributed by atoms with Crippen LogP contribution in [-0.4, -0.2) is 21.8 Å². The summed E-state index contributed by atoms with van der Waals surface area (Å²) in [5.74, 6) is 0.651. The Morgan fingerprint density at radius 1 is 1.04 bits per heavy atom. The molecule has 1 aromatic heterocycles. The molecule has 0 spiro atoms. The predicted molar refractivity (Wildman–Crippen MR) is 104 cm³/mol. The van der Waals surface area contributed by atoms with Gasteiger partial charge in [-0.2, -0.15) is 0 Å². The second kappa shape index (κ2) is 7.31. The first-order valence-corrected chi connectivity index (χ1v) is 9.34. The van der Waals surface area contributed by atoms with Gasteiger partial charge in [-0.15, -0.1) is 0 Å². The lowest BCUT2D eigenvalue weighted by Crippen LogP contribution is -2.43. The third-order valence-corrected chi connectivity index (χ3v) is 4.97. The van der Waals surface area contributed by atoms with Crippen molar-refractivity contribution in [1.82, 2.24) is 15.2 Å². The van der Waals surface area contributed by atoms with E-state index in [1.165, 1.54) is 4.90 Å². The van der Waals surface area contributed by atoms with Gasteiger partial charge in [-0.1, -0.05) is 74.0 Å². The lowest BCUT2D eigenvalue weighted by Gasteiger charge is -2.26. The maximum atomic E-state index is 13.3. The van der Waals surface area contributed by atoms with Crippen LogP contribution in [0.4, 0.5) is 4.79 Å². The molecule has 0 bridgehead atoms. The average Bonchev–Trinajstić information content (AvgIpc) is 3.29. The Balaban J connectivity index is 1.60. The number of nitrogens with one attached hydrogen (secondary N) is 1. The number of oxazole rings is 1. The van der Waals surface area contributed by atoms with Crippen LogP contribution >= 0.6 is 0 Å². The molecule has 0 aliphatic carbocycles. The van der Waals surface area contributed by atoms with Gasteiger partial charge in [-0.05, 0) is 12.0 Å². The lowest BCUT2D eigenvalue weighted by atomic mass is 9.85. The number of carbonyl (C=O) groups is 2. The largest absolute Gasteiger partial charge is 0.439 e. The van der Waals surface area contributed by atoms with Crippen molar-refractivity contribution in [3.63, 3.8) is 0 Å². The molecule has 1 N–H and O–H groups in total. The van der Waals surface area contributed by atoms with Crippen LogP contribution < -0.4 is 5.32 Å². The molecule has 1 atom stereocenters. The van der Waals surface area contributed by atoms with Crippen LogP contribution in [0.2, 0.25) is 0 Å². The van der Waals surface area contributed by atoms with Gasteiger partial charge in [0.05, 0.1) is 6.20 Å².